The summed E-state index contributed by atoms with van der Waals surface area (Å²) >= 11 is 0. The van der Waals surface area contributed by atoms with Crippen LogP contribution in [-0.2, 0) is 11.0 Å². The SMILES string of the molecule is CCC[C@H](Cc1ccccc1)NP(=O)(c1ccccc1)c1ccccc1. The molecule has 0 radical (unpaired) electrons. The molecule has 0 aliphatic rings. The predicted octanol–water partition coefficient (Wildman–Crippen LogP) is 4.92. The molecule has 0 saturated heterocycles. The zero-order chi connectivity index (χ0) is 18.2. The van der Waals surface area contributed by atoms with Crippen molar-refractivity contribution >= 4 is 17.9 Å². The molecular formula is C23H26NOP. The lowest BCUT2D eigenvalue weighted by Gasteiger charge is -2.27. The number of nitrogens with one attached hydrogen (secondary N) is 1. The minimum absolute atomic E-state index is 0.161. The summed E-state index contributed by atoms with van der Waals surface area (Å²) < 4.78 is 14.2. The zero-order valence-corrected chi connectivity index (χ0v) is 16.1. The Morgan fingerprint density at radius 2 is 1.23 bits per heavy atom. The second-order valence-corrected chi connectivity index (χ2v) is 9.09. The fourth-order valence-corrected chi connectivity index (χ4v) is 5.81. The molecule has 0 saturated carbocycles. The van der Waals surface area contributed by atoms with Gasteiger partial charge >= 0.3 is 0 Å². The third kappa shape index (κ3) is 4.52. The molecule has 3 aromatic carbocycles. The van der Waals surface area contributed by atoms with Crippen molar-refractivity contribution in [2.45, 2.75) is 32.2 Å². The number of hydrogen-bond acceptors (Lipinski definition) is 1. The molecule has 0 amide bonds. The van der Waals surface area contributed by atoms with Gasteiger partial charge in [0.25, 0.3) is 0 Å². The first kappa shape index (κ1) is 18.6. The lowest BCUT2D eigenvalue weighted by molar-refractivity contribution is 0.527. The van der Waals surface area contributed by atoms with E-state index in [1.807, 2.05) is 66.7 Å². The van der Waals surface area contributed by atoms with Crippen LogP contribution in [0.15, 0.2) is 91.0 Å². The molecule has 0 heterocycles. The van der Waals surface area contributed by atoms with Crippen LogP contribution in [0, 0.1) is 0 Å². The maximum atomic E-state index is 14.2. The monoisotopic (exact) mass is 363 g/mol. The Morgan fingerprint density at radius 1 is 0.769 bits per heavy atom. The average Bonchev–Trinajstić information content (AvgIpc) is 2.70. The molecule has 26 heavy (non-hydrogen) atoms. The highest BCUT2D eigenvalue weighted by Crippen LogP contribution is 2.40. The fraction of sp³-hybridized carbons (Fsp3) is 0.217. The molecule has 1 N–H and O–H groups in total. The summed E-state index contributed by atoms with van der Waals surface area (Å²) in [6, 6.07) is 30.2. The molecule has 3 rings (SSSR count). The van der Waals surface area contributed by atoms with E-state index in [1.54, 1.807) is 0 Å². The van der Waals surface area contributed by atoms with E-state index in [-0.39, 0.29) is 6.04 Å². The van der Waals surface area contributed by atoms with E-state index < -0.39 is 7.29 Å². The van der Waals surface area contributed by atoms with Gasteiger partial charge in [0.2, 0.25) is 7.29 Å². The minimum atomic E-state index is -2.90. The molecule has 134 valence electrons. The van der Waals surface area contributed by atoms with Crippen LogP contribution in [0.1, 0.15) is 25.3 Å². The lowest BCUT2D eigenvalue weighted by atomic mass is 10.0. The van der Waals surface area contributed by atoms with Crippen LogP contribution in [0.4, 0.5) is 0 Å². The summed E-state index contributed by atoms with van der Waals surface area (Å²) in [5.41, 5.74) is 1.27. The van der Waals surface area contributed by atoms with Gasteiger partial charge in [-0.25, -0.2) is 0 Å². The maximum absolute atomic E-state index is 14.2. The first-order valence-corrected chi connectivity index (χ1v) is 11.0. The predicted molar refractivity (Wildman–Crippen MR) is 112 cm³/mol. The van der Waals surface area contributed by atoms with E-state index in [2.05, 4.69) is 36.3 Å². The Bertz CT molecular complexity index is 790. The van der Waals surface area contributed by atoms with Crippen molar-refractivity contribution in [3.63, 3.8) is 0 Å². The van der Waals surface area contributed by atoms with Crippen LogP contribution >= 0.6 is 7.29 Å². The van der Waals surface area contributed by atoms with Gasteiger partial charge in [0.1, 0.15) is 0 Å². The van der Waals surface area contributed by atoms with Gasteiger partial charge in [-0.1, -0.05) is 80.1 Å². The molecule has 0 aliphatic heterocycles. The largest absolute Gasteiger partial charge is 0.297 e. The van der Waals surface area contributed by atoms with Gasteiger partial charge in [0.05, 0.1) is 0 Å². The second kappa shape index (κ2) is 8.98. The molecule has 1 atom stereocenters. The molecule has 0 bridgehead atoms. The Hall–Kier alpha value is -2.15. The molecule has 0 fully saturated rings. The summed E-state index contributed by atoms with van der Waals surface area (Å²) in [4.78, 5) is 0. The highest BCUT2D eigenvalue weighted by molar-refractivity contribution is 7.76. The normalized spacial score (nSPS) is 12.7. The van der Waals surface area contributed by atoms with Crippen molar-refractivity contribution in [1.29, 1.82) is 0 Å². The van der Waals surface area contributed by atoms with Crippen LogP contribution in [0.3, 0.4) is 0 Å². The summed E-state index contributed by atoms with van der Waals surface area (Å²) in [5, 5.41) is 5.29. The fourth-order valence-electron chi connectivity index (χ4n) is 3.29. The minimum Gasteiger partial charge on any atom is -0.297 e. The third-order valence-electron chi connectivity index (χ3n) is 4.57. The first-order valence-electron chi connectivity index (χ1n) is 9.25. The van der Waals surface area contributed by atoms with Crippen LogP contribution in [-0.4, -0.2) is 6.04 Å². The first-order chi connectivity index (χ1) is 12.7. The van der Waals surface area contributed by atoms with Crippen molar-refractivity contribution in [3.05, 3.63) is 96.6 Å². The second-order valence-electron chi connectivity index (χ2n) is 6.58. The molecule has 3 heteroatoms. The highest BCUT2D eigenvalue weighted by Gasteiger charge is 2.29. The van der Waals surface area contributed by atoms with E-state index in [1.165, 1.54) is 5.56 Å². The molecule has 3 aromatic rings. The van der Waals surface area contributed by atoms with Gasteiger partial charge in [-0.05, 0) is 42.7 Å². The summed E-state index contributed by atoms with van der Waals surface area (Å²) in [6.45, 7) is 2.18. The Kier molecular flexibility index (Phi) is 6.44. The van der Waals surface area contributed by atoms with Crippen molar-refractivity contribution in [1.82, 2.24) is 5.09 Å². The zero-order valence-electron chi connectivity index (χ0n) is 15.2. The van der Waals surface area contributed by atoms with Gasteiger partial charge in [-0.15, -0.1) is 0 Å². The quantitative estimate of drug-likeness (QED) is 0.576. The van der Waals surface area contributed by atoms with Crippen LogP contribution in [0.25, 0.3) is 0 Å². The molecule has 2 nitrogen and oxygen atoms in total. The number of hydrogen-bond donors (Lipinski definition) is 1. The standard InChI is InChI=1S/C23H26NOP/c1-2-12-21(19-20-13-6-3-7-14-20)24-26(25,22-15-8-4-9-16-22)23-17-10-5-11-18-23/h3-11,13-18,21H,2,12,19H2,1H3,(H,24,25)/t21-/m1/s1. The topological polar surface area (TPSA) is 29.1 Å². The Morgan fingerprint density at radius 3 is 1.69 bits per heavy atom. The Balaban J connectivity index is 1.94. The summed E-state index contributed by atoms with van der Waals surface area (Å²) in [6.07, 6.45) is 2.91. The van der Waals surface area contributed by atoms with Crippen molar-refractivity contribution in [3.8, 4) is 0 Å². The van der Waals surface area contributed by atoms with E-state index >= 15 is 0 Å². The van der Waals surface area contributed by atoms with E-state index in [9.17, 15) is 4.57 Å². The third-order valence-corrected chi connectivity index (χ3v) is 7.35. The Labute approximate surface area is 156 Å². The van der Waals surface area contributed by atoms with Crippen molar-refractivity contribution < 1.29 is 4.57 Å². The van der Waals surface area contributed by atoms with Crippen molar-refractivity contribution in [2.75, 3.05) is 0 Å². The van der Waals surface area contributed by atoms with E-state index in [4.69, 9.17) is 0 Å². The van der Waals surface area contributed by atoms with E-state index in [0.29, 0.717) is 0 Å². The molecular weight excluding hydrogens is 337 g/mol. The molecule has 0 spiro atoms. The van der Waals surface area contributed by atoms with Crippen LogP contribution in [0.2, 0.25) is 0 Å². The maximum Gasteiger partial charge on any atom is 0.204 e. The van der Waals surface area contributed by atoms with Crippen molar-refractivity contribution in [2.24, 2.45) is 0 Å². The number of rotatable bonds is 8. The summed E-state index contributed by atoms with van der Waals surface area (Å²) in [5.74, 6) is 0. The van der Waals surface area contributed by atoms with Gasteiger partial charge in [0.15, 0.2) is 0 Å². The smallest absolute Gasteiger partial charge is 0.204 e. The lowest BCUT2D eigenvalue weighted by Crippen LogP contribution is -2.36. The highest BCUT2D eigenvalue weighted by atomic mass is 31.2. The van der Waals surface area contributed by atoms with Gasteiger partial charge in [-0.2, -0.15) is 0 Å². The molecule has 0 unspecified atom stereocenters. The van der Waals surface area contributed by atoms with Crippen LogP contribution < -0.4 is 15.7 Å². The van der Waals surface area contributed by atoms with Gasteiger partial charge < -0.3 is 0 Å². The van der Waals surface area contributed by atoms with E-state index in [0.717, 1.165) is 29.9 Å². The van der Waals surface area contributed by atoms with Crippen LogP contribution in [0.5, 0.6) is 0 Å². The number of benzene rings is 3. The molecule has 0 aromatic heterocycles. The molecule has 0 aliphatic carbocycles. The average molecular weight is 363 g/mol. The van der Waals surface area contributed by atoms with Gasteiger partial charge in [-0.3, -0.25) is 9.65 Å². The van der Waals surface area contributed by atoms with Gasteiger partial charge in [0, 0.05) is 16.7 Å². The summed E-state index contributed by atoms with van der Waals surface area (Å²) in [7, 11) is -2.90.